The number of nitrogens with zero attached hydrogens (tertiary/aromatic N) is 2. The van der Waals surface area contributed by atoms with Crippen LogP contribution < -0.4 is 15.0 Å². The van der Waals surface area contributed by atoms with Crippen LogP contribution in [0.25, 0.3) is 0 Å². The number of ether oxygens (including phenoxy) is 2. The molecule has 1 aliphatic rings. The molecule has 0 saturated carbocycles. The third kappa shape index (κ3) is 4.68. The van der Waals surface area contributed by atoms with Gasteiger partial charge in [0, 0.05) is 26.3 Å². The van der Waals surface area contributed by atoms with Gasteiger partial charge < -0.3 is 19.7 Å². The number of pyridine rings is 1. The van der Waals surface area contributed by atoms with Gasteiger partial charge in [-0.3, -0.25) is 4.79 Å². The second kappa shape index (κ2) is 7.83. The van der Waals surface area contributed by atoms with Crippen LogP contribution in [0, 0.1) is 0 Å². The summed E-state index contributed by atoms with van der Waals surface area (Å²) in [7, 11) is 1.54. The number of hydrogen-bond donors (Lipinski definition) is 1. The van der Waals surface area contributed by atoms with Crippen molar-refractivity contribution in [3.05, 3.63) is 53.7 Å². The summed E-state index contributed by atoms with van der Waals surface area (Å²) in [4.78, 5) is 18.3. The maximum Gasteiger partial charge on any atom is 0.573 e. The van der Waals surface area contributed by atoms with E-state index in [0.717, 1.165) is 0 Å². The lowest BCUT2D eigenvalue weighted by Gasteiger charge is -2.34. The fraction of sp³-hybridized carbons (Fsp3) is 0.333. The monoisotopic (exact) mass is 381 g/mol. The SMILES string of the molecule is CNC(=O)c1cccnc1N1CCOC(c2cccc(OC(F)(F)F)c2)C1. The number of anilines is 1. The zero-order chi connectivity index (χ0) is 19.4. The van der Waals surface area contributed by atoms with Gasteiger partial charge in [0.15, 0.2) is 0 Å². The Morgan fingerprint density at radius 1 is 1.33 bits per heavy atom. The summed E-state index contributed by atoms with van der Waals surface area (Å²) < 4.78 is 47.0. The molecule has 27 heavy (non-hydrogen) atoms. The normalized spacial score (nSPS) is 17.5. The molecular weight excluding hydrogens is 363 g/mol. The predicted octanol–water partition coefficient (Wildman–Crippen LogP) is 2.92. The topological polar surface area (TPSA) is 63.7 Å². The largest absolute Gasteiger partial charge is 0.573 e. The van der Waals surface area contributed by atoms with Gasteiger partial charge in [-0.15, -0.1) is 13.2 Å². The van der Waals surface area contributed by atoms with Crippen LogP contribution in [0.3, 0.4) is 0 Å². The third-order valence-corrected chi connectivity index (χ3v) is 4.09. The van der Waals surface area contributed by atoms with E-state index in [0.29, 0.717) is 36.6 Å². The number of benzene rings is 1. The number of rotatable bonds is 4. The summed E-state index contributed by atoms with van der Waals surface area (Å²) in [6.07, 6.45) is -3.64. The molecule has 2 aromatic rings. The Morgan fingerprint density at radius 3 is 2.89 bits per heavy atom. The zero-order valence-electron chi connectivity index (χ0n) is 14.5. The minimum Gasteiger partial charge on any atom is -0.406 e. The second-order valence-electron chi connectivity index (χ2n) is 5.88. The number of halogens is 3. The van der Waals surface area contributed by atoms with E-state index in [1.807, 2.05) is 4.90 Å². The molecule has 1 saturated heterocycles. The Bertz CT molecular complexity index is 814. The van der Waals surface area contributed by atoms with Crippen LogP contribution in [-0.4, -0.2) is 44.0 Å². The highest BCUT2D eigenvalue weighted by atomic mass is 19.4. The molecule has 0 bridgehead atoms. The highest BCUT2D eigenvalue weighted by Gasteiger charge is 2.32. The van der Waals surface area contributed by atoms with Gasteiger partial charge in [0.25, 0.3) is 5.91 Å². The highest BCUT2D eigenvalue weighted by molar-refractivity contribution is 5.98. The summed E-state index contributed by atoms with van der Waals surface area (Å²) >= 11 is 0. The molecule has 9 heteroatoms. The first kappa shape index (κ1) is 19.0. The van der Waals surface area contributed by atoms with Crippen LogP contribution in [-0.2, 0) is 4.74 Å². The molecule has 1 amide bonds. The molecule has 6 nitrogen and oxygen atoms in total. The number of aromatic nitrogens is 1. The smallest absolute Gasteiger partial charge is 0.406 e. The molecule has 144 valence electrons. The average molecular weight is 381 g/mol. The molecule has 1 fully saturated rings. The Kier molecular flexibility index (Phi) is 5.50. The van der Waals surface area contributed by atoms with Gasteiger partial charge in [0.05, 0.1) is 12.2 Å². The van der Waals surface area contributed by atoms with Crippen LogP contribution in [0.1, 0.15) is 22.0 Å². The first-order valence-electron chi connectivity index (χ1n) is 8.27. The van der Waals surface area contributed by atoms with Crippen LogP contribution >= 0.6 is 0 Å². The second-order valence-corrected chi connectivity index (χ2v) is 5.88. The fourth-order valence-corrected chi connectivity index (χ4v) is 2.92. The van der Waals surface area contributed by atoms with E-state index < -0.39 is 12.5 Å². The minimum absolute atomic E-state index is 0.262. The fourth-order valence-electron chi connectivity index (χ4n) is 2.92. The molecule has 1 N–H and O–H groups in total. The molecule has 1 unspecified atom stereocenters. The summed E-state index contributed by atoms with van der Waals surface area (Å²) in [5.74, 6) is -0.0563. The van der Waals surface area contributed by atoms with Gasteiger partial charge in [0.2, 0.25) is 0 Å². The summed E-state index contributed by atoms with van der Waals surface area (Å²) in [6, 6.07) is 9.04. The van der Waals surface area contributed by atoms with Crippen LogP contribution in [0.2, 0.25) is 0 Å². The molecular formula is C18H18F3N3O3. The molecule has 1 aliphatic heterocycles. The number of alkyl halides is 3. The van der Waals surface area contributed by atoms with E-state index in [1.165, 1.54) is 25.2 Å². The Balaban J connectivity index is 1.81. The quantitative estimate of drug-likeness (QED) is 0.882. The molecule has 0 aliphatic carbocycles. The van der Waals surface area contributed by atoms with Crippen molar-refractivity contribution in [3.8, 4) is 5.75 Å². The lowest BCUT2D eigenvalue weighted by atomic mass is 10.1. The van der Waals surface area contributed by atoms with Gasteiger partial charge in [-0.25, -0.2) is 4.98 Å². The molecule has 1 atom stereocenters. The van der Waals surface area contributed by atoms with Crippen molar-refractivity contribution in [2.75, 3.05) is 31.6 Å². The third-order valence-electron chi connectivity index (χ3n) is 4.09. The van der Waals surface area contributed by atoms with Crippen molar-refractivity contribution in [1.82, 2.24) is 10.3 Å². The van der Waals surface area contributed by atoms with Gasteiger partial charge in [0.1, 0.15) is 17.7 Å². The van der Waals surface area contributed by atoms with Crippen LogP contribution in [0.15, 0.2) is 42.6 Å². The van der Waals surface area contributed by atoms with E-state index in [-0.39, 0.29) is 11.7 Å². The first-order valence-corrected chi connectivity index (χ1v) is 8.27. The standard InChI is InChI=1S/C18H18F3N3O3/c1-22-17(25)14-6-3-7-23-16(14)24-8-9-26-15(11-24)12-4-2-5-13(10-12)27-18(19,20)21/h2-7,10,15H,8-9,11H2,1H3,(H,22,25). The van der Waals surface area contributed by atoms with E-state index >= 15 is 0 Å². The maximum atomic E-state index is 12.4. The number of carbonyl (C=O) groups is 1. The number of carbonyl (C=O) groups excluding carboxylic acids is 1. The lowest BCUT2D eigenvalue weighted by molar-refractivity contribution is -0.274. The van der Waals surface area contributed by atoms with Crippen molar-refractivity contribution in [2.45, 2.75) is 12.5 Å². The zero-order valence-corrected chi connectivity index (χ0v) is 14.5. The number of morpholine rings is 1. The molecule has 0 radical (unpaired) electrons. The van der Waals surface area contributed by atoms with E-state index in [9.17, 15) is 18.0 Å². The van der Waals surface area contributed by atoms with E-state index in [1.54, 1.807) is 24.4 Å². The highest BCUT2D eigenvalue weighted by Crippen LogP contribution is 2.30. The average Bonchev–Trinajstić information content (AvgIpc) is 2.66. The van der Waals surface area contributed by atoms with E-state index in [4.69, 9.17) is 4.74 Å². The summed E-state index contributed by atoms with van der Waals surface area (Å²) in [5, 5.41) is 2.57. The molecule has 1 aromatic heterocycles. The lowest BCUT2D eigenvalue weighted by Crippen LogP contribution is -2.40. The van der Waals surface area contributed by atoms with Gasteiger partial charge in [-0.1, -0.05) is 12.1 Å². The van der Waals surface area contributed by atoms with Crippen LogP contribution in [0.5, 0.6) is 5.75 Å². The summed E-state index contributed by atoms with van der Waals surface area (Å²) in [5.41, 5.74) is 0.980. The Labute approximate surface area is 153 Å². The van der Waals surface area contributed by atoms with Crippen molar-refractivity contribution < 1.29 is 27.4 Å². The van der Waals surface area contributed by atoms with Gasteiger partial charge in [-0.05, 0) is 29.8 Å². The van der Waals surface area contributed by atoms with Crippen molar-refractivity contribution in [3.63, 3.8) is 0 Å². The maximum absolute atomic E-state index is 12.4. The molecule has 3 rings (SSSR count). The van der Waals surface area contributed by atoms with E-state index in [2.05, 4.69) is 15.0 Å². The minimum atomic E-state index is -4.76. The first-order chi connectivity index (χ1) is 12.9. The number of amides is 1. The summed E-state index contributed by atoms with van der Waals surface area (Å²) in [6.45, 7) is 1.20. The van der Waals surface area contributed by atoms with Gasteiger partial charge >= 0.3 is 6.36 Å². The molecule has 0 spiro atoms. The van der Waals surface area contributed by atoms with Crippen molar-refractivity contribution >= 4 is 11.7 Å². The Hall–Kier alpha value is -2.81. The number of hydrogen-bond acceptors (Lipinski definition) is 5. The Morgan fingerprint density at radius 2 is 2.15 bits per heavy atom. The van der Waals surface area contributed by atoms with Gasteiger partial charge in [-0.2, -0.15) is 0 Å². The predicted molar refractivity (Wildman–Crippen MR) is 91.7 cm³/mol. The number of nitrogens with one attached hydrogen (secondary N) is 1. The van der Waals surface area contributed by atoms with Crippen molar-refractivity contribution in [1.29, 1.82) is 0 Å². The molecule has 2 heterocycles. The molecule has 1 aromatic carbocycles. The van der Waals surface area contributed by atoms with Crippen molar-refractivity contribution in [2.24, 2.45) is 0 Å². The van der Waals surface area contributed by atoms with Crippen LogP contribution in [0.4, 0.5) is 19.0 Å².